The molecule has 0 bridgehead atoms. The standard InChI is InChI=1S/C21H24N4O5S/c26-21(22-18-9-8-16-4-3-5-17(16)14-18)15-23-10-12-24(13-11-23)31(29,30)20-7-2-1-6-19(20)25(27)28/h1-2,6-9,14H,3-5,10-13,15H2,(H,22,26)/p+1. The lowest BCUT2D eigenvalue weighted by atomic mass is 10.1. The van der Waals surface area contributed by atoms with Gasteiger partial charge in [-0.15, -0.1) is 0 Å². The molecule has 1 saturated heterocycles. The van der Waals surface area contributed by atoms with Gasteiger partial charge in [-0.25, -0.2) is 8.42 Å². The summed E-state index contributed by atoms with van der Waals surface area (Å²) in [5.41, 5.74) is 3.01. The van der Waals surface area contributed by atoms with Gasteiger partial charge in [-0.1, -0.05) is 18.2 Å². The van der Waals surface area contributed by atoms with E-state index >= 15 is 0 Å². The van der Waals surface area contributed by atoms with Crippen molar-refractivity contribution in [2.75, 3.05) is 38.0 Å². The van der Waals surface area contributed by atoms with Gasteiger partial charge in [0.25, 0.3) is 11.6 Å². The fourth-order valence-corrected chi connectivity index (χ4v) is 5.87. The summed E-state index contributed by atoms with van der Waals surface area (Å²) >= 11 is 0. The van der Waals surface area contributed by atoms with Crippen molar-refractivity contribution in [3.8, 4) is 0 Å². The number of nitro groups is 1. The summed E-state index contributed by atoms with van der Waals surface area (Å²) in [4.78, 5) is 23.7. The molecule has 0 aromatic heterocycles. The van der Waals surface area contributed by atoms with Crippen LogP contribution in [-0.2, 0) is 27.7 Å². The monoisotopic (exact) mass is 445 g/mol. The zero-order chi connectivity index (χ0) is 22.0. The van der Waals surface area contributed by atoms with Gasteiger partial charge in [-0.3, -0.25) is 14.9 Å². The van der Waals surface area contributed by atoms with E-state index < -0.39 is 20.6 Å². The van der Waals surface area contributed by atoms with Crippen LogP contribution in [0.1, 0.15) is 17.5 Å². The lowest BCUT2D eigenvalue weighted by molar-refractivity contribution is -0.895. The molecule has 31 heavy (non-hydrogen) atoms. The summed E-state index contributed by atoms with van der Waals surface area (Å²) in [6.45, 7) is 1.57. The Labute approximate surface area is 180 Å². The zero-order valence-corrected chi connectivity index (χ0v) is 17.9. The predicted octanol–water partition coefficient (Wildman–Crippen LogP) is 0.611. The molecular formula is C21H25N4O5S+. The molecular weight excluding hydrogens is 420 g/mol. The largest absolute Gasteiger partial charge is 0.325 e. The number of fused-ring (bicyclic) bond motifs is 1. The SMILES string of the molecule is O=C(C[NH+]1CCN(S(=O)(=O)c2ccccc2[N+](=O)[O-])CC1)Nc1ccc2c(c1)CCC2. The van der Waals surface area contributed by atoms with Crippen LogP contribution in [0.2, 0.25) is 0 Å². The summed E-state index contributed by atoms with van der Waals surface area (Å²) in [5, 5.41) is 14.2. The predicted molar refractivity (Wildman–Crippen MR) is 115 cm³/mol. The highest BCUT2D eigenvalue weighted by Crippen LogP contribution is 2.26. The van der Waals surface area contributed by atoms with Gasteiger partial charge in [0.1, 0.15) is 0 Å². The lowest BCUT2D eigenvalue weighted by Crippen LogP contribution is -3.15. The van der Waals surface area contributed by atoms with E-state index in [1.165, 1.54) is 39.7 Å². The van der Waals surface area contributed by atoms with E-state index in [2.05, 4.69) is 11.4 Å². The number of nitrogens with zero attached hydrogens (tertiary/aromatic N) is 2. The topological polar surface area (TPSA) is 114 Å². The molecule has 0 saturated carbocycles. The van der Waals surface area contributed by atoms with Gasteiger partial charge in [0.2, 0.25) is 10.0 Å². The Morgan fingerprint density at radius 1 is 1.10 bits per heavy atom. The van der Waals surface area contributed by atoms with E-state index in [9.17, 15) is 23.3 Å². The van der Waals surface area contributed by atoms with Crippen LogP contribution in [0.3, 0.4) is 0 Å². The first kappa shape index (κ1) is 21.4. The van der Waals surface area contributed by atoms with Crippen LogP contribution < -0.4 is 10.2 Å². The molecule has 1 fully saturated rings. The van der Waals surface area contributed by atoms with Gasteiger partial charge < -0.3 is 10.2 Å². The first-order valence-corrected chi connectivity index (χ1v) is 11.8. The van der Waals surface area contributed by atoms with Crippen molar-refractivity contribution in [3.63, 3.8) is 0 Å². The van der Waals surface area contributed by atoms with E-state index in [4.69, 9.17) is 0 Å². The molecule has 4 rings (SSSR count). The molecule has 0 atom stereocenters. The average molecular weight is 446 g/mol. The Morgan fingerprint density at radius 3 is 2.55 bits per heavy atom. The van der Waals surface area contributed by atoms with Gasteiger partial charge in [-0.2, -0.15) is 4.31 Å². The normalized spacial score (nSPS) is 17.3. The van der Waals surface area contributed by atoms with Crippen molar-refractivity contribution < 1.29 is 23.0 Å². The molecule has 0 unspecified atom stereocenters. The second-order valence-electron chi connectivity index (χ2n) is 7.94. The van der Waals surface area contributed by atoms with Crippen molar-refractivity contribution in [3.05, 3.63) is 63.7 Å². The number of carbonyl (C=O) groups excluding carboxylic acids is 1. The van der Waals surface area contributed by atoms with Crippen LogP contribution in [-0.4, -0.2) is 56.3 Å². The van der Waals surface area contributed by atoms with Crippen LogP contribution in [0.5, 0.6) is 0 Å². The van der Waals surface area contributed by atoms with Gasteiger partial charge in [0.05, 0.1) is 31.1 Å². The molecule has 2 aromatic rings. The Kier molecular flexibility index (Phi) is 6.03. The molecule has 0 radical (unpaired) electrons. The number of nitrogens with one attached hydrogen (secondary N) is 2. The Hall–Kier alpha value is -2.82. The molecule has 10 heteroatoms. The summed E-state index contributed by atoms with van der Waals surface area (Å²) in [6, 6.07) is 11.4. The third kappa shape index (κ3) is 4.60. The van der Waals surface area contributed by atoms with Crippen molar-refractivity contribution in [2.45, 2.75) is 24.2 Å². The number of hydrogen-bond acceptors (Lipinski definition) is 5. The van der Waals surface area contributed by atoms with Gasteiger partial charge in [0.15, 0.2) is 11.4 Å². The van der Waals surface area contributed by atoms with Crippen LogP contribution in [0, 0.1) is 10.1 Å². The maximum atomic E-state index is 12.9. The number of rotatable bonds is 6. The van der Waals surface area contributed by atoms with Gasteiger partial charge in [0, 0.05) is 11.8 Å². The Morgan fingerprint density at radius 2 is 1.81 bits per heavy atom. The molecule has 2 N–H and O–H groups in total. The first-order valence-electron chi connectivity index (χ1n) is 10.3. The van der Waals surface area contributed by atoms with E-state index in [0.717, 1.165) is 29.8 Å². The molecule has 1 heterocycles. The molecule has 1 amide bonds. The van der Waals surface area contributed by atoms with E-state index in [1.807, 2.05) is 12.1 Å². The van der Waals surface area contributed by atoms with Crippen LogP contribution in [0.15, 0.2) is 47.4 Å². The highest BCUT2D eigenvalue weighted by Gasteiger charge is 2.35. The molecule has 9 nitrogen and oxygen atoms in total. The molecule has 2 aliphatic rings. The summed E-state index contributed by atoms with van der Waals surface area (Å²) in [5.74, 6) is -0.108. The first-order chi connectivity index (χ1) is 14.8. The second kappa shape index (κ2) is 8.74. The van der Waals surface area contributed by atoms with E-state index in [0.29, 0.717) is 13.1 Å². The summed E-state index contributed by atoms with van der Waals surface area (Å²) in [7, 11) is -3.97. The zero-order valence-electron chi connectivity index (χ0n) is 17.0. The lowest BCUT2D eigenvalue weighted by Gasteiger charge is -2.31. The number of benzene rings is 2. The van der Waals surface area contributed by atoms with Gasteiger partial charge >= 0.3 is 0 Å². The Bertz CT molecular complexity index is 1110. The van der Waals surface area contributed by atoms with Crippen molar-refractivity contribution in [1.82, 2.24) is 4.31 Å². The molecule has 1 aliphatic carbocycles. The number of piperazine rings is 1. The maximum absolute atomic E-state index is 12.9. The third-order valence-corrected chi connectivity index (χ3v) is 7.85. The highest BCUT2D eigenvalue weighted by molar-refractivity contribution is 7.89. The number of nitro benzene ring substituents is 1. The van der Waals surface area contributed by atoms with Crippen molar-refractivity contribution in [2.24, 2.45) is 0 Å². The van der Waals surface area contributed by atoms with Crippen LogP contribution in [0.4, 0.5) is 11.4 Å². The van der Waals surface area contributed by atoms with Crippen LogP contribution in [0.25, 0.3) is 0 Å². The minimum Gasteiger partial charge on any atom is -0.325 e. The summed E-state index contributed by atoms with van der Waals surface area (Å²) in [6.07, 6.45) is 3.28. The number of carbonyl (C=O) groups is 1. The molecule has 2 aromatic carbocycles. The highest BCUT2D eigenvalue weighted by atomic mass is 32.2. The number of hydrogen-bond donors (Lipinski definition) is 2. The quantitative estimate of drug-likeness (QED) is 0.500. The second-order valence-corrected chi connectivity index (χ2v) is 9.85. The molecule has 164 valence electrons. The van der Waals surface area contributed by atoms with E-state index in [-0.39, 0.29) is 30.4 Å². The third-order valence-electron chi connectivity index (χ3n) is 5.90. The van der Waals surface area contributed by atoms with Gasteiger partial charge in [-0.05, 0) is 48.6 Å². The minimum atomic E-state index is -3.97. The number of aryl methyl sites for hydroxylation is 2. The molecule has 1 aliphatic heterocycles. The van der Waals surface area contributed by atoms with Crippen molar-refractivity contribution in [1.29, 1.82) is 0 Å². The van der Waals surface area contributed by atoms with Crippen molar-refractivity contribution >= 4 is 27.3 Å². The van der Waals surface area contributed by atoms with E-state index in [1.54, 1.807) is 0 Å². The number of anilines is 1. The number of amides is 1. The smallest absolute Gasteiger partial charge is 0.289 e. The summed E-state index contributed by atoms with van der Waals surface area (Å²) < 4.78 is 27.1. The number of sulfonamides is 1. The maximum Gasteiger partial charge on any atom is 0.289 e. The average Bonchev–Trinajstić information content (AvgIpc) is 3.22. The fourth-order valence-electron chi connectivity index (χ4n) is 4.27. The van der Waals surface area contributed by atoms with Crippen LogP contribution >= 0.6 is 0 Å². The minimum absolute atomic E-state index is 0.108. The Balaban J connectivity index is 1.34. The number of para-hydroxylation sites is 1. The fraction of sp³-hybridized carbons (Fsp3) is 0.381. The molecule has 0 spiro atoms. The number of quaternary nitrogens is 1.